The van der Waals surface area contributed by atoms with E-state index in [2.05, 4.69) is 5.32 Å². The minimum Gasteiger partial charge on any atom is -0.481 e. The molecule has 0 aliphatic carbocycles. The fourth-order valence-electron chi connectivity index (χ4n) is 1.19. The molecule has 0 aliphatic rings. The summed E-state index contributed by atoms with van der Waals surface area (Å²) in [6.45, 7) is 0.205. The second-order valence-electron chi connectivity index (χ2n) is 3.71. The van der Waals surface area contributed by atoms with E-state index in [4.69, 9.17) is 20.7 Å². The number of nitrogens with one attached hydrogen (secondary N) is 1. The molecule has 0 saturated heterocycles. The summed E-state index contributed by atoms with van der Waals surface area (Å²) in [5.41, 5.74) is 5.51. The largest absolute Gasteiger partial charge is 0.481 e. The van der Waals surface area contributed by atoms with Gasteiger partial charge in [-0.05, 0) is 12.8 Å². The quantitative estimate of drug-likeness (QED) is 0.402. The first-order chi connectivity index (χ1) is 8.01. The third-order valence-electron chi connectivity index (χ3n) is 2.24. The molecule has 0 saturated carbocycles. The zero-order valence-corrected chi connectivity index (χ0v) is 9.89. The lowest BCUT2D eigenvalue weighted by Crippen LogP contribution is -2.47. The van der Waals surface area contributed by atoms with E-state index in [1.54, 1.807) is 0 Å². The SMILES string of the molecule is COCCC(CO)NC(=O)C(N)CCC(=O)O. The molecular weight excluding hydrogens is 228 g/mol. The maximum absolute atomic E-state index is 11.5. The number of nitrogens with two attached hydrogens (primary N) is 1. The molecule has 0 aromatic heterocycles. The van der Waals surface area contributed by atoms with Crippen molar-refractivity contribution in [3.05, 3.63) is 0 Å². The third-order valence-corrected chi connectivity index (χ3v) is 2.24. The van der Waals surface area contributed by atoms with Crippen LogP contribution in [0.5, 0.6) is 0 Å². The smallest absolute Gasteiger partial charge is 0.303 e. The van der Waals surface area contributed by atoms with Gasteiger partial charge in [-0.2, -0.15) is 0 Å². The predicted octanol–water partition coefficient (Wildman–Crippen LogP) is -1.31. The van der Waals surface area contributed by atoms with Gasteiger partial charge in [0.05, 0.1) is 18.7 Å². The van der Waals surface area contributed by atoms with Gasteiger partial charge in [0.15, 0.2) is 0 Å². The van der Waals surface area contributed by atoms with Gasteiger partial charge in [-0.1, -0.05) is 0 Å². The number of amides is 1. The van der Waals surface area contributed by atoms with Crippen LogP contribution in [0.25, 0.3) is 0 Å². The highest BCUT2D eigenvalue weighted by Crippen LogP contribution is 1.97. The second-order valence-corrected chi connectivity index (χ2v) is 3.71. The molecule has 0 heterocycles. The summed E-state index contributed by atoms with van der Waals surface area (Å²) in [5, 5.41) is 20.0. The van der Waals surface area contributed by atoms with Crippen LogP contribution in [-0.2, 0) is 14.3 Å². The van der Waals surface area contributed by atoms with E-state index in [1.807, 2.05) is 0 Å². The van der Waals surface area contributed by atoms with E-state index in [-0.39, 0.29) is 19.4 Å². The summed E-state index contributed by atoms with van der Waals surface area (Å²) in [7, 11) is 1.52. The number of ether oxygens (including phenoxy) is 1. The Morgan fingerprint density at radius 1 is 1.41 bits per heavy atom. The number of carboxylic acids is 1. The van der Waals surface area contributed by atoms with Crippen molar-refractivity contribution in [3.8, 4) is 0 Å². The molecule has 100 valence electrons. The molecule has 0 fully saturated rings. The molecule has 7 heteroatoms. The van der Waals surface area contributed by atoms with Crippen LogP contribution < -0.4 is 11.1 Å². The summed E-state index contributed by atoms with van der Waals surface area (Å²) in [5.74, 6) is -1.45. The average Bonchev–Trinajstić information content (AvgIpc) is 2.30. The standard InChI is InChI=1S/C10H20N2O5/c1-17-5-4-7(6-13)12-10(16)8(11)2-3-9(14)15/h7-8,13H,2-6,11H2,1H3,(H,12,16)(H,14,15). The molecular formula is C10H20N2O5. The third kappa shape index (κ3) is 7.67. The fourth-order valence-corrected chi connectivity index (χ4v) is 1.19. The van der Waals surface area contributed by atoms with Crippen molar-refractivity contribution in [3.63, 3.8) is 0 Å². The van der Waals surface area contributed by atoms with Gasteiger partial charge in [0.1, 0.15) is 0 Å². The Morgan fingerprint density at radius 3 is 2.53 bits per heavy atom. The van der Waals surface area contributed by atoms with Crippen molar-refractivity contribution in [1.29, 1.82) is 0 Å². The van der Waals surface area contributed by atoms with Crippen LogP contribution in [0.15, 0.2) is 0 Å². The summed E-state index contributed by atoms with van der Waals surface area (Å²) < 4.78 is 4.82. The maximum atomic E-state index is 11.5. The van der Waals surface area contributed by atoms with Crippen molar-refractivity contribution in [2.24, 2.45) is 5.73 Å². The molecule has 7 nitrogen and oxygen atoms in total. The number of hydrogen-bond acceptors (Lipinski definition) is 5. The lowest BCUT2D eigenvalue weighted by Gasteiger charge is -2.18. The Hall–Kier alpha value is -1.18. The van der Waals surface area contributed by atoms with Crippen molar-refractivity contribution in [2.75, 3.05) is 20.3 Å². The van der Waals surface area contributed by atoms with E-state index in [1.165, 1.54) is 7.11 Å². The lowest BCUT2D eigenvalue weighted by molar-refractivity contribution is -0.137. The fraction of sp³-hybridized carbons (Fsp3) is 0.800. The van der Waals surface area contributed by atoms with Gasteiger partial charge in [0.2, 0.25) is 5.91 Å². The van der Waals surface area contributed by atoms with Crippen LogP contribution in [0.3, 0.4) is 0 Å². The highest BCUT2D eigenvalue weighted by Gasteiger charge is 2.18. The number of methoxy groups -OCH3 is 1. The second kappa shape index (κ2) is 8.91. The highest BCUT2D eigenvalue weighted by atomic mass is 16.5. The molecule has 17 heavy (non-hydrogen) atoms. The lowest BCUT2D eigenvalue weighted by atomic mass is 10.1. The van der Waals surface area contributed by atoms with Crippen molar-refractivity contribution in [1.82, 2.24) is 5.32 Å². The Balaban J connectivity index is 3.98. The number of carbonyl (C=O) groups is 2. The summed E-state index contributed by atoms with van der Waals surface area (Å²) in [6, 6.07) is -1.29. The number of hydrogen-bond donors (Lipinski definition) is 4. The minimum absolute atomic E-state index is 0.0730. The number of aliphatic hydroxyl groups is 1. The number of carboxylic acid groups (broad SMARTS) is 1. The molecule has 0 aromatic carbocycles. The summed E-state index contributed by atoms with van der Waals surface area (Å²) in [4.78, 5) is 21.8. The van der Waals surface area contributed by atoms with Crippen molar-refractivity contribution < 1.29 is 24.5 Å². The Bertz CT molecular complexity index is 247. The van der Waals surface area contributed by atoms with Crippen molar-refractivity contribution >= 4 is 11.9 Å². The van der Waals surface area contributed by atoms with Gasteiger partial charge >= 0.3 is 5.97 Å². The maximum Gasteiger partial charge on any atom is 0.303 e. The molecule has 2 atom stereocenters. The predicted molar refractivity (Wildman–Crippen MR) is 60.4 cm³/mol. The Kier molecular flexibility index (Phi) is 8.29. The number of aliphatic hydroxyl groups excluding tert-OH is 1. The van der Waals surface area contributed by atoms with Gasteiger partial charge in [0.25, 0.3) is 0 Å². The van der Waals surface area contributed by atoms with Crippen LogP contribution >= 0.6 is 0 Å². The molecule has 5 N–H and O–H groups in total. The van der Waals surface area contributed by atoms with Crippen LogP contribution in [0.1, 0.15) is 19.3 Å². The van der Waals surface area contributed by atoms with E-state index < -0.39 is 24.0 Å². The molecule has 0 aliphatic heterocycles. The van der Waals surface area contributed by atoms with Crippen molar-refractivity contribution in [2.45, 2.75) is 31.3 Å². The zero-order chi connectivity index (χ0) is 13.3. The summed E-state index contributed by atoms with van der Waals surface area (Å²) in [6.07, 6.45) is 0.393. The molecule has 1 amide bonds. The topological polar surface area (TPSA) is 122 Å². The van der Waals surface area contributed by atoms with Crippen LogP contribution in [0.4, 0.5) is 0 Å². The Labute approximate surface area is 99.9 Å². The molecule has 0 bridgehead atoms. The number of rotatable bonds is 9. The van der Waals surface area contributed by atoms with Gasteiger partial charge in [0, 0.05) is 20.1 Å². The normalized spacial score (nSPS) is 14.1. The van der Waals surface area contributed by atoms with Gasteiger partial charge in [-0.3, -0.25) is 9.59 Å². The van der Waals surface area contributed by atoms with Crippen LogP contribution in [0, 0.1) is 0 Å². The van der Waals surface area contributed by atoms with Gasteiger partial charge in [-0.15, -0.1) is 0 Å². The minimum atomic E-state index is -0.994. The van der Waals surface area contributed by atoms with Crippen LogP contribution in [0.2, 0.25) is 0 Å². The molecule has 2 unspecified atom stereocenters. The van der Waals surface area contributed by atoms with E-state index in [0.29, 0.717) is 13.0 Å². The van der Waals surface area contributed by atoms with Crippen LogP contribution in [-0.4, -0.2) is 54.5 Å². The molecule has 0 radical (unpaired) electrons. The highest BCUT2D eigenvalue weighted by molar-refractivity contribution is 5.82. The number of carbonyl (C=O) groups excluding carboxylic acids is 1. The average molecular weight is 248 g/mol. The Morgan fingerprint density at radius 2 is 2.06 bits per heavy atom. The first-order valence-corrected chi connectivity index (χ1v) is 5.38. The zero-order valence-electron chi connectivity index (χ0n) is 9.89. The first kappa shape index (κ1) is 15.8. The summed E-state index contributed by atoms with van der Waals surface area (Å²) >= 11 is 0. The molecule has 0 spiro atoms. The number of aliphatic carboxylic acids is 1. The van der Waals surface area contributed by atoms with E-state index >= 15 is 0 Å². The van der Waals surface area contributed by atoms with Gasteiger partial charge < -0.3 is 26.0 Å². The first-order valence-electron chi connectivity index (χ1n) is 5.38. The monoisotopic (exact) mass is 248 g/mol. The van der Waals surface area contributed by atoms with Gasteiger partial charge in [-0.25, -0.2) is 0 Å². The molecule has 0 aromatic rings. The van der Waals surface area contributed by atoms with E-state index in [9.17, 15) is 9.59 Å². The molecule has 0 rings (SSSR count). The van der Waals surface area contributed by atoms with E-state index in [0.717, 1.165) is 0 Å².